The van der Waals surface area contributed by atoms with Gasteiger partial charge in [-0.15, -0.1) is 0 Å². The molecule has 0 saturated heterocycles. The van der Waals surface area contributed by atoms with Gasteiger partial charge in [0, 0.05) is 6.20 Å². The van der Waals surface area contributed by atoms with Gasteiger partial charge in [0.15, 0.2) is 5.65 Å². The van der Waals surface area contributed by atoms with Crippen LogP contribution in [0.2, 0.25) is 0 Å². The number of hydrazine groups is 1. The van der Waals surface area contributed by atoms with Crippen molar-refractivity contribution in [2.45, 2.75) is 0 Å². The second-order valence-corrected chi connectivity index (χ2v) is 2.31. The molecule has 0 radical (unpaired) electrons. The van der Waals surface area contributed by atoms with Crippen molar-refractivity contribution in [1.82, 2.24) is 14.6 Å². The summed E-state index contributed by atoms with van der Waals surface area (Å²) in [6.45, 7) is 0. The van der Waals surface area contributed by atoms with E-state index in [9.17, 15) is 0 Å². The zero-order chi connectivity index (χ0) is 8.55. The predicted molar refractivity (Wildman–Crippen MR) is 45.5 cm³/mol. The first-order chi connectivity index (χ1) is 5.83. The molecule has 0 aliphatic heterocycles. The number of rotatable bonds is 1. The summed E-state index contributed by atoms with van der Waals surface area (Å²) in [7, 11) is 0. The third-order valence-corrected chi connectivity index (χ3v) is 1.65. The van der Waals surface area contributed by atoms with Crippen molar-refractivity contribution < 1.29 is 0 Å². The molecule has 6 nitrogen and oxygen atoms in total. The molecule has 6 heteroatoms. The van der Waals surface area contributed by atoms with Crippen molar-refractivity contribution >= 4 is 16.9 Å². The van der Waals surface area contributed by atoms with E-state index in [0.29, 0.717) is 11.5 Å². The van der Waals surface area contributed by atoms with Crippen LogP contribution in [-0.2, 0) is 0 Å². The van der Waals surface area contributed by atoms with Crippen molar-refractivity contribution in [2.75, 3.05) is 11.3 Å². The molecule has 5 N–H and O–H groups in total. The molecule has 2 heterocycles. The topological polar surface area (TPSA) is 94.8 Å². The zero-order valence-corrected chi connectivity index (χ0v) is 6.23. The predicted octanol–water partition coefficient (Wildman–Crippen LogP) is -0.569. The molecule has 2 aromatic heterocycles. The number of nitrogens with one attached hydrogen (secondary N) is 1. The Morgan fingerprint density at radius 1 is 1.42 bits per heavy atom. The van der Waals surface area contributed by atoms with Gasteiger partial charge in [-0.2, -0.15) is 0 Å². The first-order valence-electron chi connectivity index (χ1n) is 3.37. The highest BCUT2D eigenvalue weighted by Crippen LogP contribution is 2.15. The van der Waals surface area contributed by atoms with E-state index in [4.69, 9.17) is 11.6 Å². The first kappa shape index (κ1) is 6.86. The van der Waals surface area contributed by atoms with Gasteiger partial charge in [-0.1, -0.05) is 0 Å². The van der Waals surface area contributed by atoms with Gasteiger partial charge in [-0.25, -0.2) is 20.5 Å². The van der Waals surface area contributed by atoms with Crippen LogP contribution >= 0.6 is 0 Å². The molecule has 2 rings (SSSR count). The second-order valence-electron chi connectivity index (χ2n) is 2.31. The molecule has 62 valence electrons. The minimum atomic E-state index is 0.453. The van der Waals surface area contributed by atoms with Gasteiger partial charge in [0.1, 0.15) is 12.1 Å². The fraction of sp³-hybridized carbons (Fsp3) is 0. The highest BCUT2D eigenvalue weighted by atomic mass is 15.6. The minimum absolute atomic E-state index is 0.453. The molecule has 0 fully saturated rings. The van der Waals surface area contributed by atoms with Gasteiger partial charge in [-0.05, 0) is 6.07 Å². The van der Waals surface area contributed by atoms with Crippen molar-refractivity contribution in [1.29, 1.82) is 0 Å². The normalized spacial score (nSPS) is 10.4. The molecule has 0 atom stereocenters. The number of hydrogen-bond donors (Lipinski definition) is 3. The van der Waals surface area contributed by atoms with Crippen LogP contribution in [0.1, 0.15) is 0 Å². The molecule has 0 bridgehead atoms. The van der Waals surface area contributed by atoms with Gasteiger partial charge in [-0.3, -0.25) is 5.53 Å². The van der Waals surface area contributed by atoms with Gasteiger partial charge in [0.2, 0.25) is 0 Å². The largest absolute Gasteiger partial charge is 0.383 e. The first-order valence-corrected chi connectivity index (χ1v) is 3.37. The van der Waals surface area contributed by atoms with E-state index in [1.54, 1.807) is 16.9 Å². The van der Waals surface area contributed by atoms with E-state index >= 15 is 0 Å². The molecule has 0 aliphatic rings. The van der Waals surface area contributed by atoms with Crippen LogP contribution in [0, 0.1) is 0 Å². The maximum atomic E-state index is 5.59. The maximum Gasteiger partial charge on any atom is 0.164 e. The fourth-order valence-electron chi connectivity index (χ4n) is 1.08. The number of hydrogen-bond acceptors (Lipinski definition) is 5. The van der Waals surface area contributed by atoms with E-state index < -0.39 is 0 Å². The van der Waals surface area contributed by atoms with Gasteiger partial charge < -0.3 is 5.73 Å². The van der Waals surface area contributed by atoms with Crippen LogP contribution in [0.15, 0.2) is 18.6 Å². The Labute approximate surface area is 68.1 Å². The summed E-state index contributed by atoms with van der Waals surface area (Å²) in [6, 6.07) is 1.80. The maximum absolute atomic E-state index is 5.59. The van der Waals surface area contributed by atoms with Crippen LogP contribution in [0.5, 0.6) is 0 Å². The quantitative estimate of drug-likeness (QED) is 0.387. The molecule has 2 aromatic rings. The van der Waals surface area contributed by atoms with Crippen LogP contribution in [0.3, 0.4) is 0 Å². The van der Waals surface area contributed by atoms with Gasteiger partial charge in [0.25, 0.3) is 0 Å². The summed E-state index contributed by atoms with van der Waals surface area (Å²) < 4.78 is 1.56. The number of aromatic nitrogens is 3. The summed E-state index contributed by atoms with van der Waals surface area (Å²) in [5, 5.41) is 0.787. The van der Waals surface area contributed by atoms with E-state index in [1.165, 1.54) is 6.33 Å². The van der Waals surface area contributed by atoms with Gasteiger partial charge in [0.05, 0.1) is 5.39 Å². The molecule has 0 spiro atoms. The van der Waals surface area contributed by atoms with E-state index in [2.05, 4.69) is 15.5 Å². The number of fused-ring (bicyclic) bond motifs is 1. The Hall–Kier alpha value is -1.82. The Morgan fingerprint density at radius 3 is 3.00 bits per heavy atom. The average molecular weight is 164 g/mol. The standard InChI is InChI=1S/C6H8N6/c7-5-4-1-2-12(11-8)6(4)10-3-9-5/h1-3,11H,8H2,(H2,7,9,10). The smallest absolute Gasteiger partial charge is 0.164 e. The Morgan fingerprint density at radius 2 is 2.25 bits per heavy atom. The summed E-state index contributed by atoms with van der Waals surface area (Å²) in [5.41, 5.74) is 8.71. The molecular weight excluding hydrogens is 156 g/mol. The Balaban J connectivity index is 2.80. The monoisotopic (exact) mass is 164 g/mol. The lowest BCUT2D eigenvalue weighted by Gasteiger charge is -2.00. The number of anilines is 1. The minimum Gasteiger partial charge on any atom is -0.383 e. The SMILES string of the molecule is NNn1ccc2c(N)ncnc21. The Kier molecular flexibility index (Phi) is 1.34. The molecule has 0 aromatic carbocycles. The zero-order valence-electron chi connectivity index (χ0n) is 6.23. The van der Waals surface area contributed by atoms with Crippen LogP contribution in [-0.4, -0.2) is 14.6 Å². The fourth-order valence-corrected chi connectivity index (χ4v) is 1.08. The molecule has 0 amide bonds. The average Bonchev–Trinajstić information content (AvgIpc) is 2.49. The van der Waals surface area contributed by atoms with Crippen molar-refractivity contribution in [3.63, 3.8) is 0 Å². The Bertz CT molecular complexity index is 405. The van der Waals surface area contributed by atoms with Crippen molar-refractivity contribution in [3.8, 4) is 0 Å². The molecule has 0 aliphatic carbocycles. The molecular formula is C6H8N6. The highest BCUT2D eigenvalue weighted by Gasteiger charge is 2.03. The van der Waals surface area contributed by atoms with Gasteiger partial charge >= 0.3 is 0 Å². The van der Waals surface area contributed by atoms with Crippen LogP contribution in [0.4, 0.5) is 5.82 Å². The molecule has 0 saturated carbocycles. The van der Waals surface area contributed by atoms with E-state index in [-0.39, 0.29) is 0 Å². The number of nitrogens with zero attached hydrogens (tertiary/aromatic N) is 3. The van der Waals surface area contributed by atoms with E-state index in [1.807, 2.05) is 0 Å². The molecule has 0 unspecified atom stereocenters. The lowest BCUT2D eigenvalue weighted by atomic mass is 10.4. The van der Waals surface area contributed by atoms with Crippen LogP contribution < -0.4 is 17.1 Å². The lowest BCUT2D eigenvalue weighted by Crippen LogP contribution is -2.20. The summed E-state index contributed by atoms with van der Waals surface area (Å²) in [6.07, 6.45) is 3.13. The molecule has 12 heavy (non-hydrogen) atoms. The van der Waals surface area contributed by atoms with E-state index in [0.717, 1.165) is 5.39 Å². The third-order valence-electron chi connectivity index (χ3n) is 1.65. The number of nitrogens with two attached hydrogens (primary N) is 2. The summed E-state index contributed by atoms with van der Waals surface area (Å²) in [4.78, 5) is 7.84. The summed E-state index contributed by atoms with van der Waals surface area (Å²) in [5.74, 6) is 5.67. The lowest BCUT2D eigenvalue weighted by molar-refractivity contribution is 0.905. The summed E-state index contributed by atoms with van der Waals surface area (Å²) >= 11 is 0. The van der Waals surface area contributed by atoms with Crippen molar-refractivity contribution in [2.24, 2.45) is 5.84 Å². The van der Waals surface area contributed by atoms with Crippen molar-refractivity contribution in [3.05, 3.63) is 18.6 Å². The van der Waals surface area contributed by atoms with Crippen LogP contribution in [0.25, 0.3) is 11.0 Å². The highest BCUT2D eigenvalue weighted by molar-refractivity contribution is 5.86. The number of nitrogen functional groups attached to an aromatic ring is 2. The second kappa shape index (κ2) is 2.35. The third kappa shape index (κ3) is 0.785.